The van der Waals surface area contributed by atoms with E-state index in [1.165, 1.54) is 6.07 Å². The number of benzene rings is 2. The van der Waals surface area contributed by atoms with E-state index in [0.717, 1.165) is 22.2 Å². The first-order chi connectivity index (χ1) is 9.36. The molecule has 0 heterocycles. The molecule has 0 amide bonds. The zero-order valence-corrected chi connectivity index (χ0v) is 12.3. The number of halogens is 4. The predicted molar refractivity (Wildman–Crippen MR) is 77.6 cm³/mol. The Kier molecular flexibility index (Phi) is 4.38. The van der Waals surface area contributed by atoms with Crippen LogP contribution in [0.5, 0.6) is 0 Å². The number of hydrogen-bond acceptors (Lipinski definition) is 1. The molecule has 0 saturated heterocycles. The van der Waals surface area contributed by atoms with E-state index in [1.54, 1.807) is 6.07 Å². The van der Waals surface area contributed by atoms with Crippen molar-refractivity contribution >= 4 is 21.6 Å². The molecule has 20 heavy (non-hydrogen) atoms. The fraction of sp³-hybridized carbons (Fsp3) is 0.200. The van der Waals surface area contributed by atoms with Gasteiger partial charge in [0.1, 0.15) is 0 Å². The van der Waals surface area contributed by atoms with Crippen LogP contribution >= 0.6 is 15.9 Å². The number of alkyl halides is 3. The van der Waals surface area contributed by atoms with Gasteiger partial charge < -0.3 is 5.32 Å². The summed E-state index contributed by atoms with van der Waals surface area (Å²) in [7, 11) is 0. The van der Waals surface area contributed by atoms with Gasteiger partial charge in [0, 0.05) is 16.2 Å². The van der Waals surface area contributed by atoms with E-state index >= 15 is 0 Å². The Morgan fingerprint density at radius 1 is 1.05 bits per heavy atom. The minimum atomic E-state index is -4.32. The lowest BCUT2D eigenvalue weighted by atomic mass is 10.1. The largest absolute Gasteiger partial charge is 0.416 e. The molecule has 0 radical (unpaired) electrons. The van der Waals surface area contributed by atoms with Crippen LogP contribution in [0, 0.1) is 0 Å². The van der Waals surface area contributed by atoms with E-state index in [9.17, 15) is 13.2 Å². The molecule has 0 bridgehead atoms. The third-order valence-electron chi connectivity index (χ3n) is 2.94. The van der Waals surface area contributed by atoms with Gasteiger partial charge in [-0.15, -0.1) is 0 Å². The van der Waals surface area contributed by atoms with Gasteiger partial charge in [-0.1, -0.05) is 34.1 Å². The highest BCUT2D eigenvalue weighted by Crippen LogP contribution is 2.31. The minimum absolute atomic E-state index is 0.0772. The van der Waals surface area contributed by atoms with Gasteiger partial charge in [0.15, 0.2) is 0 Å². The molecule has 0 aliphatic rings. The molecule has 2 aromatic rings. The van der Waals surface area contributed by atoms with Crippen LogP contribution in [0.4, 0.5) is 18.9 Å². The molecule has 1 nitrogen and oxygen atoms in total. The molecule has 1 atom stereocenters. The van der Waals surface area contributed by atoms with Gasteiger partial charge in [-0.3, -0.25) is 0 Å². The quantitative estimate of drug-likeness (QED) is 0.760. The third-order valence-corrected chi connectivity index (χ3v) is 3.47. The maximum Gasteiger partial charge on any atom is 0.416 e. The summed E-state index contributed by atoms with van der Waals surface area (Å²) in [5.41, 5.74) is 0.811. The first-order valence-electron chi connectivity index (χ1n) is 6.05. The summed E-state index contributed by atoms with van der Waals surface area (Å²) in [5.74, 6) is 0. The molecule has 2 aromatic carbocycles. The zero-order valence-electron chi connectivity index (χ0n) is 10.7. The molecular weight excluding hydrogens is 331 g/mol. The molecule has 0 aromatic heterocycles. The average Bonchev–Trinajstić information content (AvgIpc) is 2.38. The Balaban J connectivity index is 2.15. The Morgan fingerprint density at radius 3 is 2.30 bits per heavy atom. The Morgan fingerprint density at radius 2 is 1.70 bits per heavy atom. The summed E-state index contributed by atoms with van der Waals surface area (Å²) in [6, 6.07) is 12.8. The molecule has 1 unspecified atom stereocenters. The highest BCUT2D eigenvalue weighted by molar-refractivity contribution is 9.10. The molecule has 0 aliphatic heterocycles. The molecule has 0 aliphatic carbocycles. The van der Waals surface area contributed by atoms with Crippen molar-refractivity contribution in [2.45, 2.75) is 19.1 Å². The van der Waals surface area contributed by atoms with Crippen molar-refractivity contribution in [2.24, 2.45) is 0 Å². The van der Waals surface area contributed by atoms with Gasteiger partial charge in [0.2, 0.25) is 0 Å². The highest BCUT2D eigenvalue weighted by Gasteiger charge is 2.30. The summed E-state index contributed by atoms with van der Waals surface area (Å²) < 4.78 is 38.9. The van der Waals surface area contributed by atoms with Crippen LogP contribution in [-0.2, 0) is 6.18 Å². The van der Waals surface area contributed by atoms with E-state index in [0.29, 0.717) is 5.69 Å². The van der Waals surface area contributed by atoms with Crippen LogP contribution in [0.25, 0.3) is 0 Å². The van der Waals surface area contributed by atoms with Crippen LogP contribution in [-0.4, -0.2) is 0 Å². The van der Waals surface area contributed by atoms with Crippen molar-refractivity contribution in [3.05, 3.63) is 64.1 Å². The number of anilines is 1. The molecule has 2 rings (SSSR count). The van der Waals surface area contributed by atoms with Gasteiger partial charge in [-0.2, -0.15) is 13.2 Å². The molecule has 0 fully saturated rings. The second-order valence-corrected chi connectivity index (χ2v) is 5.41. The van der Waals surface area contributed by atoms with Gasteiger partial charge >= 0.3 is 6.18 Å². The fourth-order valence-corrected chi connectivity index (χ4v) is 2.13. The van der Waals surface area contributed by atoms with E-state index in [2.05, 4.69) is 21.2 Å². The van der Waals surface area contributed by atoms with Crippen LogP contribution in [0.3, 0.4) is 0 Å². The molecular formula is C15H13BrF3N. The Bertz CT molecular complexity index is 578. The van der Waals surface area contributed by atoms with E-state index in [4.69, 9.17) is 0 Å². The standard InChI is InChI=1S/C15H13BrF3N/c1-10(11-5-7-13(16)8-6-11)20-14-4-2-3-12(9-14)15(17,18)19/h2-10,20H,1H3. The smallest absolute Gasteiger partial charge is 0.379 e. The fourth-order valence-electron chi connectivity index (χ4n) is 1.87. The number of rotatable bonds is 3. The Hall–Kier alpha value is -1.49. The number of hydrogen-bond donors (Lipinski definition) is 1. The maximum absolute atomic E-state index is 12.6. The second kappa shape index (κ2) is 5.87. The first-order valence-corrected chi connectivity index (χ1v) is 6.85. The Labute approximate surface area is 123 Å². The lowest BCUT2D eigenvalue weighted by Gasteiger charge is -2.17. The lowest BCUT2D eigenvalue weighted by molar-refractivity contribution is -0.137. The maximum atomic E-state index is 12.6. The second-order valence-electron chi connectivity index (χ2n) is 4.50. The van der Waals surface area contributed by atoms with Gasteiger partial charge in [0.05, 0.1) is 5.56 Å². The van der Waals surface area contributed by atoms with Crippen LogP contribution in [0.1, 0.15) is 24.1 Å². The minimum Gasteiger partial charge on any atom is -0.379 e. The molecule has 0 spiro atoms. The van der Waals surface area contributed by atoms with Crippen molar-refractivity contribution in [3.8, 4) is 0 Å². The normalized spacial score (nSPS) is 13.1. The van der Waals surface area contributed by atoms with Crippen LogP contribution < -0.4 is 5.32 Å². The average molecular weight is 344 g/mol. The summed E-state index contributed by atoms with van der Waals surface area (Å²) in [6.45, 7) is 1.91. The molecule has 106 valence electrons. The topological polar surface area (TPSA) is 12.0 Å². The van der Waals surface area contributed by atoms with Gasteiger partial charge in [0.25, 0.3) is 0 Å². The summed E-state index contributed by atoms with van der Waals surface area (Å²) >= 11 is 3.35. The van der Waals surface area contributed by atoms with E-state index < -0.39 is 11.7 Å². The van der Waals surface area contributed by atoms with Crippen molar-refractivity contribution in [1.82, 2.24) is 0 Å². The van der Waals surface area contributed by atoms with Crippen LogP contribution in [0.2, 0.25) is 0 Å². The summed E-state index contributed by atoms with van der Waals surface area (Å²) in [6.07, 6.45) is -4.32. The highest BCUT2D eigenvalue weighted by atomic mass is 79.9. The molecule has 0 saturated carbocycles. The summed E-state index contributed by atoms with van der Waals surface area (Å²) in [5, 5.41) is 3.07. The van der Waals surface area contributed by atoms with Gasteiger partial charge in [-0.05, 0) is 42.8 Å². The predicted octanol–water partition coefficient (Wildman–Crippen LogP) is 5.64. The number of nitrogens with one attached hydrogen (secondary N) is 1. The van der Waals surface area contributed by atoms with Gasteiger partial charge in [-0.25, -0.2) is 0 Å². The molecule has 1 N–H and O–H groups in total. The SMILES string of the molecule is CC(Nc1cccc(C(F)(F)F)c1)c1ccc(Br)cc1. The van der Waals surface area contributed by atoms with Crippen LogP contribution in [0.15, 0.2) is 53.0 Å². The monoisotopic (exact) mass is 343 g/mol. The third kappa shape index (κ3) is 3.76. The molecule has 5 heteroatoms. The van der Waals surface area contributed by atoms with Crippen molar-refractivity contribution < 1.29 is 13.2 Å². The van der Waals surface area contributed by atoms with E-state index in [-0.39, 0.29) is 6.04 Å². The van der Waals surface area contributed by atoms with Crippen molar-refractivity contribution in [3.63, 3.8) is 0 Å². The van der Waals surface area contributed by atoms with Crippen molar-refractivity contribution in [1.29, 1.82) is 0 Å². The summed E-state index contributed by atoms with van der Waals surface area (Å²) in [4.78, 5) is 0. The lowest BCUT2D eigenvalue weighted by Crippen LogP contribution is -2.09. The zero-order chi connectivity index (χ0) is 14.8. The first kappa shape index (κ1) is 14.9. The van der Waals surface area contributed by atoms with E-state index in [1.807, 2.05) is 31.2 Å². The van der Waals surface area contributed by atoms with Crippen molar-refractivity contribution in [2.75, 3.05) is 5.32 Å².